The summed E-state index contributed by atoms with van der Waals surface area (Å²) in [5, 5.41) is 34.8. The number of aromatic hydroxyl groups is 3. The Labute approximate surface area is 474 Å². The van der Waals surface area contributed by atoms with E-state index in [1.807, 2.05) is 117 Å². The molecule has 12 rings (SSSR count). The Morgan fingerprint density at radius 2 is 1.01 bits per heavy atom. The largest absolute Gasteiger partial charge is 0.508 e. The minimum atomic E-state index is -0.512. The summed E-state index contributed by atoms with van der Waals surface area (Å²) in [5.74, 6) is -0.224. The summed E-state index contributed by atoms with van der Waals surface area (Å²) in [5.41, 5.74) is 12.3. The highest BCUT2D eigenvalue weighted by Gasteiger charge is 2.35. The van der Waals surface area contributed by atoms with Crippen molar-refractivity contribution in [3.05, 3.63) is 251 Å². The molecule has 3 atom stereocenters. The van der Waals surface area contributed by atoms with Gasteiger partial charge in [-0.1, -0.05) is 134 Å². The van der Waals surface area contributed by atoms with Crippen molar-refractivity contribution in [2.75, 3.05) is 0 Å². The maximum Gasteiger partial charge on any atom is 0.233 e. The standard InChI is InChI=1S/C22H21N3O3.C22H21N3O2.C22H20N2O3/c26-17-8-4-7-16(9-17)13-25-14-23-18(10-15-5-2-1-3-6-15)20(25)11-19-21(27)12-22(28)24-19;1-15-10-19(22(27)24-15)21-20(12-16-6-3-2-4-7-16)23-14-25(21)13-17-8-5-9-18(26)11-17;25-18-8-4-5-15(9-18)13-24-14-23-22(16-6-2-1-3-7-16)20(24)11-17-10-19(26)12-21(17)27/h1-9,14,19,26H,10-13H2,(H,24,28);2-9,11,14,19,26H,1,10,12-13H2,(H,24,27);1-9,14,17,25H,10-13H2. The molecule has 1 aliphatic carbocycles. The lowest BCUT2D eigenvalue weighted by molar-refractivity contribution is -0.124. The zero-order valence-electron chi connectivity index (χ0n) is 45.1. The highest BCUT2D eigenvalue weighted by atomic mass is 16.3. The van der Waals surface area contributed by atoms with Gasteiger partial charge in [-0.2, -0.15) is 0 Å². The zero-order chi connectivity index (χ0) is 57.1. The van der Waals surface area contributed by atoms with Crippen molar-refractivity contribution >= 4 is 29.2 Å². The van der Waals surface area contributed by atoms with Crippen molar-refractivity contribution in [1.29, 1.82) is 0 Å². The number of ketones is 3. The first-order valence-electron chi connectivity index (χ1n) is 27.2. The monoisotopic (exact) mass is 1090 g/mol. The molecular formula is C66H62N8O8. The molecule has 2 amide bonds. The molecule has 414 valence electrons. The number of Topliss-reactive ketones (excluding diaryl/α,β-unsaturated/α-hetero) is 3. The summed E-state index contributed by atoms with van der Waals surface area (Å²) < 4.78 is 6.01. The van der Waals surface area contributed by atoms with Crippen LogP contribution < -0.4 is 10.6 Å². The fourth-order valence-corrected chi connectivity index (χ4v) is 10.9. The van der Waals surface area contributed by atoms with E-state index in [2.05, 4.69) is 44.3 Å². The Bertz CT molecular complexity index is 3770. The second-order valence-corrected chi connectivity index (χ2v) is 20.9. The third kappa shape index (κ3) is 13.9. The number of nitrogens with one attached hydrogen (secondary N) is 2. The predicted molar refractivity (Wildman–Crippen MR) is 309 cm³/mol. The van der Waals surface area contributed by atoms with Gasteiger partial charge < -0.3 is 39.7 Å². The smallest absolute Gasteiger partial charge is 0.233 e. The normalized spacial score (nSPS) is 16.6. The molecule has 1 saturated carbocycles. The summed E-state index contributed by atoms with van der Waals surface area (Å²) in [6, 6.07) is 50.8. The van der Waals surface area contributed by atoms with E-state index in [-0.39, 0.29) is 71.1 Å². The number of hydrogen-bond acceptors (Lipinski definition) is 11. The van der Waals surface area contributed by atoms with Gasteiger partial charge in [0.1, 0.15) is 28.8 Å². The molecule has 3 aliphatic rings. The summed E-state index contributed by atoms with van der Waals surface area (Å²) in [7, 11) is 0. The van der Waals surface area contributed by atoms with Gasteiger partial charge in [0.15, 0.2) is 5.78 Å². The first-order chi connectivity index (χ1) is 39.8. The van der Waals surface area contributed by atoms with Gasteiger partial charge in [-0.3, -0.25) is 24.0 Å². The van der Waals surface area contributed by atoms with Crippen molar-refractivity contribution in [3.8, 4) is 28.5 Å². The number of aromatic nitrogens is 6. The van der Waals surface area contributed by atoms with Gasteiger partial charge in [0, 0.05) is 86.7 Å². The van der Waals surface area contributed by atoms with Crippen LogP contribution in [0.25, 0.3) is 11.3 Å². The van der Waals surface area contributed by atoms with E-state index in [4.69, 9.17) is 0 Å². The van der Waals surface area contributed by atoms with Crippen LogP contribution in [0.2, 0.25) is 0 Å². The third-order valence-corrected chi connectivity index (χ3v) is 14.8. The fraction of sp³-hybridized carbons (Fsp3) is 0.212. The number of amides is 2. The number of carbonyl (C=O) groups excluding carboxylic acids is 5. The quantitative estimate of drug-likeness (QED) is 0.0575. The first kappa shape index (κ1) is 55.4. The van der Waals surface area contributed by atoms with Crippen LogP contribution in [-0.2, 0) is 69.3 Å². The number of nitrogens with zero attached hydrogens (tertiary/aromatic N) is 6. The number of allylic oxidation sites excluding steroid dienone is 1. The zero-order valence-corrected chi connectivity index (χ0v) is 45.1. The van der Waals surface area contributed by atoms with E-state index in [0.29, 0.717) is 58.2 Å². The minimum Gasteiger partial charge on any atom is -0.508 e. The number of imidazole rings is 3. The SMILES string of the molecule is C=C1CC(c2c(Cc3ccccc3)ncn2Cc2cccc(O)c2)C(=O)N1.O=C1CC(=O)C(Cc2c(-c3ccccc3)ncn2Cc2cccc(O)c2)C1.O=C1CC(=O)C(Cc2c(Cc3ccccc3)ncn2Cc2cccc(O)c2)N1. The van der Waals surface area contributed by atoms with Crippen molar-refractivity contribution < 1.29 is 39.3 Å². The molecule has 3 fully saturated rings. The van der Waals surface area contributed by atoms with Gasteiger partial charge in [0.25, 0.3) is 0 Å². The van der Waals surface area contributed by atoms with Crippen LogP contribution >= 0.6 is 0 Å². The molecule has 3 unspecified atom stereocenters. The lowest BCUT2D eigenvalue weighted by Crippen LogP contribution is -2.32. The Kier molecular flexibility index (Phi) is 17.2. The Morgan fingerprint density at radius 1 is 0.512 bits per heavy atom. The van der Waals surface area contributed by atoms with Crippen LogP contribution in [0.15, 0.2) is 195 Å². The molecule has 16 nitrogen and oxygen atoms in total. The third-order valence-electron chi connectivity index (χ3n) is 14.8. The van der Waals surface area contributed by atoms with Crippen LogP contribution in [0, 0.1) is 5.92 Å². The van der Waals surface area contributed by atoms with E-state index in [1.54, 1.807) is 67.5 Å². The fourth-order valence-electron chi connectivity index (χ4n) is 10.9. The average Bonchev–Trinajstić information content (AvgIpc) is 4.16. The predicted octanol–water partition coefficient (Wildman–Crippen LogP) is 8.97. The van der Waals surface area contributed by atoms with Crippen molar-refractivity contribution in [2.45, 2.75) is 83.0 Å². The van der Waals surface area contributed by atoms with E-state index < -0.39 is 6.04 Å². The summed E-state index contributed by atoms with van der Waals surface area (Å²) in [6.45, 7) is 5.52. The number of phenolic OH excluding ortho intramolecular Hbond substituents is 3. The van der Waals surface area contributed by atoms with Crippen LogP contribution in [-0.4, -0.2) is 79.2 Å². The van der Waals surface area contributed by atoms with Crippen molar-refractivity contribution in [3.63, 3.8) is 0 Å². The molecule has 6 aromatic carbocycles. The highest BCUT2D eigenvalue weighted by Crippen LogP contribution is 2.33. The van der Waals surface area contributed by atoms with Gasteiger partial charge >= 0.3 is 0 Å². The van der Waals surface area contributed by atoms with E-state index in [0.717, 1.165) is 73.2 Å². The first-order valence-corrected chi connectivity index (χ1v) is 27.2. The maximum atomic E-state index is 12.5. The molecule has 0 bridgehead atoms. The second-order valence-electron chi connectivity index (χ2n) is 20.9. The molecule has 82 heavy (non-hydrogen) atoms. The van der Waals surface area contributed by atoms with Crippen LogP contribution in [0.4, 0.5) is 0 Å². The molecule has 16 heteroatoms. The molecule has 0 radical (unpaired) electrons. The number of phenols is 3. The van der Waals surface area contributed by atoms with Gasteiger partial charge in [0.05, 0.1) is 66.6 Å². The van der Waals surface area contributed by atoms with Crippen LogP contribution in [0.3, 0.4) is 0 Å². The van der Waals surface area contributed by atoms with Gasteiger partial charge in [-0.05, 0) is 64.2 Å². The molecule has 5 N–H and O–H groups in total. The summed E-state index contributed by atoms with van der Waals surface area (Å²) in [6.07, 6.45) is 8.41. The van der Waals surface area contributed by atoms with Gasteiger partial charge in [-0.15, -0.1) is 0 Å². The number of hydrogen-bond donors (Lipinski definition) is 5. The number of benzene rings is 6. The van der Waals surface area contributed by atoms with Gasteiger partial charge in [0.2, 0.25) is 11.8 Å². The van der Waals surface area contributed by atoms with Gasteiger partial charge in [-0.25, -0.2) is 15.0 Å². The van der Waals surface area contributed by atoms with Crippen LogP contribution in [0.1, 0.15) is 87.9 Å². The molecule has 2 aliphatic heterocycles. The highest BCUT2D eigenvalue weighted by molar-refractivity contribution is 6.08. The lowest BCUT2D eigenvalue weighted by Gasteiger charge is -2.14. The molecule has 5 heterocycles. The number of rotatable bonds is 16. The molecule has 0 spiro atoms. The molecular weight excluding hydrogens is 1030 g/mol. The topological polar surface area (TPSA) is 224 Å². The Morgan fingerprint density at radius 3 is 1.52 bits per heavy atom. The van der Waals surface area contributed by atoms with Crippen molar-refractivity contribution in [2.24, 2.45) is 5.92 Å². The second kappa shape index (κ2) is 25.4. The minimum absolute atomic E-state index is 0.0177. The van der Waals surface area contributed by atoms with Crippen LogP contribution in [0.5, 0.6) is 17.2 Å². The average molecular weight is 1100 g/mol. The molecule has 3 aromatic heterocycles. The molecule has 2 saturated heterocycles. The summed E-state index contributed by atoms with van der Waals surface area (Å²) in [4.78, 5) is 73.9. The number of carbonyl (C=O) groups is 5. The Hall–Kier alpha value is -9.96. The van der Waals surface area contributed by atoms with E-state index in [1.165, 1.54) is 0 Å². The Balaban J connectivity index is 0.000000138. The lowest BCUT2D eigenvalue weighted by atomic mass is 9.97. The van der Waals surface area contributed by atoms with E-state index in [9.17, 15) is 39.3 Å². The summed E-state index contributed by atoms with van der Waals surface area (Å²) >= 11 is 0. The van der Waals surface area contributed by atoms with Crippen molar-refractivity contribution in [1.82, 2.24) is 39.3 Å². The molecule has 9 aromatic rings. The maximum absolute atomic E-state index is 12.5. The van der Waals surface area contributed by atoms with E-state index >= 15 is 0 Å².